The lowest BCUT2D eigenvalue weighted by Crippen LogP contribution is -2.31. The van der Waals surface area contributed by atoms with E-state index < -0.39 is 4.92 Å². The molecule has 1 unspecified atom stereocenters. The molecule has 6 nitrogen and oxygen atoms in total. The number of nitrogens with one attached hydrogen (secondary N) is 1. The summed E-state index contributed by atoms with van der Waals surface area (Å²) in [7, 11) is 0. The second-order valence-corrected chi connectivity index (χ2v) is 5.72. The van der Waals surface area contributed by atoms with Crippen molar-refractivity contribution >= 4 is 5.69 Å². The van der Waals surface area contributed by atoms with E-state index in [0.29, 0.717) is 31.4 Å². The topological polar surface area (TPSA) is 84.6 Å². The van der Waals surface area contributed by atoms with E-state index >= 15 is 0 Å². The van der Waals surface area contributed by atoms with E-state index in [9.17, 15) is 15.2 Å². The number of hydrogen-bond donors (Lipinski definition) is 2. The highest BCUT2D eigenvalue weighted by Crippen LogP contribution is 2.28. The van der Waals surface area contributed by atoms with Gasteiger partial charge in [0, 0.05) is 30.8 Å². The van der Waals surface area contributed by atoms with Crippen molar-refractivity contribution in [3.63, 3.8) is 0 Å². The molecule has 1 fully saturated rings. The standard InChI is InChI=1S/C16H24N2O4/c1-2-22-16-8-7-14(18(20)21)9-13(16)10-17-11-15(19)12-5-3-4-6-12/h7-9,12,15,17,19H,2-6,10-11H2,1H3. The highest BCUT2D eigenvalue weighted by molar-refractivity contribution is 5.43. The molecule has 122 valence electrons. The van der Waals surface area contributed by atoms with Crippen LogP contribution in [0, 0.1) is 16.0 Å². The van der Waals surface area contributed by atoms with Crippen molar-refractivity contribution < 1.29 is 14.8 Å². The minimum atomic E-state index is -0.410. The number of nitro benzene ring substituents is 1. The van der Waals surface area contributed by atoms with Gasteiger partial charge in [0.25, 0.3) is 5.69 Å². The largest absolute Gasteiger partial charge is 0.494 e. The van der Waals surface area contributed by atoms with Crippen molar-refractivity contribution in [2.75, 3.05) is 13.2 Å². The van der Waals surface area contributed by atoms with E-state index in [0.717, 1.165) is 18.4 Å². The molecule has 2 rings (SSSR count). The number of aliphatic hydroxyl groups excluding tert-OH is 1. The fraction of sp³-hybridized carbons (Fsp3) is 0.625. The Labute approximate surface area is 130 Å². The highest BCUT2D eigenvalue weighted by atomic mass is 16.6. The zero-order valence-corrected chi connectivity index (χ0v) is 13.0. The lowest BCUT2D eigenvalue weighted by Gasteiger charge is -2.18. The summed E-state index contributed by atoms with van der Waals surface area (Å²) in [6.07, 6.45) is 4.22. The van der Waals surface area contributed by atoms with E-state index in [-0.39, 0.29) is 11.8 Å². The molecular weight excluding hydrogens is 284 g/mol. The first-order valence-corrected chi connectivity index (χ1v) is 7.90. The fourth-order valence-corrected chi connectivity index (χ4v) is 2.98. The van der Waals surface area contributed by atoms with Gasteiger partial charge < -0.3 is 15.2 Å². The normalized spacial score (nSPS) is 16.6. The molecule has 2 N–H and O–H groups in total. The Hall–Kier alpha value is -1.66. The Morgan fingerprint density at radius 1 is 1.45 bits per heavy atom. The minimum Gasteiger partial charge on any atom is -0.494 e. The van der Waals surface area contributed by atoms with Crippen molar-refractivity contribution in [3.05, 3.63) is 33.9 Å². The van der Waals surface area contributed by atoms with Gasteiger partial charge in [0.2, 0.25) is 0 Å². The van der Waals surface area contributed by atoms with Crippen LogP contribution >= 0.6 is 0 Å². The van der Waals surface area contributed by atoms with Crippen LogP contribution in [0.1, 0.15) is 38.2 Å². The maximum Gasteiger partial charge on any atom is 0.270 e. The summed E-state index contributed by atoms with van der Waals surface area (Å²) in [5.41, 5.74) is 0.797. The Morgan fingerprint density at radius 3 is 2.82 bits per heavy atom. The van der Waals surface area contributed by atoms with E-state index in [2.05, 4.69) is 5.32 Å². The monoisotopic (exact) mass is 308 g/mol. The number of hydrogen-bond acceptors (Lipinski definition) is 5. The van der Waals surface area contributed by atoms with E-state index in [1.165, 1.54) is 25.0 Å². The van der Waals surface area contributed by atoms with Crippen molar-refractivity contribution in [2.24, 2.45) is 5.92 Å². The lowest BCUT2D eigenvalue weighted by atomic mass is 10.0. The van der Waals surface area contributed by atoms with Gasteiger partial charge in [-0.2, -0.15) is 0 Å². The summed E-state index contributed by atoms with van der Waals surface area (Å²) in [4.78, 5) is 10.5. The van der Waals surface area contributed by atoms with E-state index in [1.54, 1.807) is 6.07 Å². The molecule has 0 spiro atoms. The Morgan fingerprint density at radius 2 is 2.18 bits per heavy atom. The predicted octanol–water partition coefficient (Wildman–Crippen LogP) is 2.63. The first-order chi connectivity index (χ1) is 10.6. The van der Waals surface area contributed by atoms with Crippen LogP contribution in [0.4, 0.5) is 5.69 Å². The zero-order chi connectivity index (χ0) is 15.9. The van der Waals surface area contributed by atoms with Gasteiger partial charge in [-0.15, -0.1) is 0 Å². The van der Waals surface area contributed by atoms with Crippen LogP contribution in [0.15, 0.2) is 18.2 Å². The molecule has 6 heteroatoms. The van der Waals surface area contributed by atoms with Crippen LogP contribution < -0.4 is 10.1 Å². The second-order valence-electron chi connectivity index (χ2n) is 5.72. The number of nitro groups is 1. The molecule has 1 aliphatic carbocycles. The second kappa shape index (κ2) is 8.10. The van der Waals surface area contributed by atoms with Crippen LogP contribution in [-0.2, 0) is 6.54 Å². The molecule has 0 saturated heterocycles. The summed E-state index contributed by atoms with van der Waals surface area (Å²) in [6.45, 7) is 3.33. The number of nitrogens with zero attached hydrogens (tertiary/aromatic N) is 1. The summed E-state index contributed by atoms with van der Waals surface area (Å²) < 4.78 is 5.50. The molecule has 1 aromatic carbocycles. The van der Waals surface area contributed by atoms with Crippen molar-refractivity contribution in [1.82, 2.24) is 5.32 Å². The van der Waals surface area contributed by atoms with E-state index in [4.69, 9.17) is 4.74 Å². The van der Waals surface area contributed by atoms with Crippen LogP contribution in [-0.4, -0.2) is 29.3 Å². The molecule has 1 aromatic rings. The number of rotatable bonds is 8. The molecule has 0 amide bonds. The average molecular weight is 308 g/mol. The smallest absolute Gasteiger partial charge is 0.270 e. The van der Waals surface area contributed by atoms with Crippen LogP contribution in [0.3, 0.4) is 0 Å². The molecule has 1 aliphatic rings. The van der Waals surface area contributed by atoms with Gasteiger partial charge in [-0.3, -0.25) is 10.1 Å². The molecule has 0 heterocycles. The fourth-order valence-electron chi connectivity index (χ4n) is 2.98. The third kappa shape index (κ3) is 4.42. The Kier molecular flexibility index (Phi) is 6.15. The molecule has 0 radical (unpaired) electrons. The molecule has 1 atom stereocenters. The van der Waals surface area contributed by atoms with Gasteiger partial charge in [-0.1, -0.05) is 12.8 Å². The first kappa shape index (κ1) is 16.7. The highest BCUT2D eigenvalue weighted by Gasteiger charge is 2.22. The van der Waals surface area contributed by atoms with Crippen molar-refractivity contribution in [2.45, 2.75) is 45.3 Å². The molecule has 22 heavy (non-hydrogen) atoms. The average Bonchev–Trinajstić information content (AvgIpc) is 3.03. The molecular formula is C16H24N2O4. The van der Waals surface area contributed by atoms with Crippen molar-refractivity contribution in [1.29, 1.82) is 0 Å². The SMILES string of the molecule is CCOc1ccc([N+](=O)[O-])cc1CNCC(O)C1CCCC1. The third-order valence-electron chi connectivity index (χ3n) is 4.17. The van der Waals surface area contributed by atoms with Crippen molar-refractivity contribution in [3.8, 4) is 5.75 Å². The zero-order valence-electron chi connectivity index (χ0n) is 13.0. The number of aliphatic hydroxyl groups is 1. The van der Waals surface area contributed by atoms with Crippen LogP contribution in [0.2, 0.25) is 0 Å². The number of benzene rings is 1. The summed E-state index contributed by atoms with van der Waals surface area (Å²) in [5, 5.41) is 24.2. The quantitative estimate of drug-likeness (QED) is 0.569. The molecule has 0 bridgehead atoms. The molecule has 0 aromatic heterocycles. The van der Waals surface area contributed by atoms with Gasteiger partial charge in [0.1, 0.15) is 5.75 Å². The minimum absolute atomic E-state index is 0.0524. The Balaban J connectivity index is 1.94. The van der Waals surface area contributed by atoms with Gasteiger partial charge in [-0.05, 0) is 31.7 Å². The lowest BCUT2D eigenvalue weighted by molar-refractivity contribution is -0.384. The van der Waals surface area contributed by atoms with E-state index in [1.807, 2.05) is 6.92 Å². The maximum absolute atomic E-state index is 10.9. The van der Waals surface area contributed by atoms with Gasteiger partial charge in [0.15, 0.2) is 0 Å². The Bertz CT molecular complexity index is 501. The summed E-state index contributed by atoms with van der Waals surface area (Å²) >= 11 is 0. The first-order valence-electron chi connectivity index (χ1n) is 7.90. The number of ether oxygens (including phenoxy) is 1. The molecule has 0 aliphatic heterocycles. The van der Waals surface area contributed by atoms with Gasteiger partial charge in [-0.25, -0.2) is 0 Å². The van der Waals surface area contributed by atoms with Crippen LogP contribution in [0.5, 0.6) is 5.75 Å². The predicted molar refractivity (Wildman–Crippen MR) is 83.9 cm³/mol. The maximum atomic E-state index is 10.9. The summed E-state index contributed by atoms with van der Waals surface area (Å²) in [6, 6.07) is 4.61. The molecule has 1 saturated carbocycles. The van der Waals surface area contributed by atoms with Crippen LogP contribution in [0.25, 0.3) is 0 Å². The third-order valence-corrected chi connectivity index (χ3v) is 4.17. The number of non-ortho nitro benzene ring substituents is 1. The summed E-state index contributed by atoms with van der Waals surface area (Å²) in [5.74, 6) is 1.03. The van der Waals surface area contributed by atoms with Gasteiger partial charge >= 0.3 is 0 Å². The van der Waals surface area contributed by atoms with Gasteiger partial charge in [0.05, 0.1) is 17.6 Å².